The van der Waals surface area contributed by atoms with Crippen LogP contribution in [0.2, 0.25) is 0 Å². The molecule has 1 rings (SSSR count). The molecule has 118 valence electrons. The Morgan fingerprint density at radius 2 is 2.00 bits per heavy atom. The Labute approximate surface area is 127 Å². The first-order chi connectivity index (χ1) is 9.61. The predicted molar refractivity (Wildman–Crippen MR) is 79.5 cm³/mol. The lowest BCUT2D eigenvalue weighted by atomic mass is 10.0. The second-order valence-electron chi connectivity index (χ2n) is 5.66. The summed E-state index contributed by atoms with van der Waals surface area (Å²) in [5.41, 5.74) is -0.269. The van der Waals surface area contributed by atoms with E-state index in [0.717, 1.165) is 0 Å². The molecule has 0 spiro atoms. The fourth-order valence-electron chi connectivity index (χ4n) is 1.66. The highest BCUT2D eigenvalue weighted by atomic mass is 32.1. The molecule has 1 aromatic heterocycles. The van der Waals surface area contributed by atoms with Crippen LogP contribution >= 0.6 is 11.3 Å². The fraction of sp³-hybridized carbons (Fsp3) is 0.571. The lowest BCUT2D eigenvalue weighted by Crippen LogP contribution is -2.39. The number of hydrogen-bond acceptors (Lipinski definition) is 6. The SMILES string of the molecule is CC(=O)c1sccc1C(O)C(O)CNC(=O)OC(C)(C)C. The van der Waals surface area contributed by atoms with Crippen molar-refractivity contribution in [3.63, 3.8) is 0 Å². The zero-order chi connectivity index (χ0) is 16.2. The van der Waals surface area contributed by atoms with Gasteiger partial charge in [-0.15, -0.1) is 11.3 Å². The molecule has 0 aliphatic rings. The van der Waals surface area contributed by atoms with E-state index in [1.54, 1.807) is 32.2 Å². The summed E-state index contributed by atoms with van der Waals surface area (Å²) >= 11 is 1.20. The molecule has 0 bridgehead atoms. The molecule has 1 heterocycles. The normalized spacial score (nSPS) is 14.4. The topological polar surface area (TPSA) is 95.9 Å². The van der Waals surface area contributed by atoms with Crippen LogP contribution in [0.5, 0.6) is 0 Å². The van der Waals surface area contributed by atoms with Gasteiger partial charge < -0.3 is 20.3 Å². The van der Waals surface area contributed by atoms with Gasteiger partial charge in [0.05, 0.1) is 4.88 Å². The fourth-order valence-corrected chi connectivity index (χ4v) is 2.50. The van der Waals surface area contributed by atoms with Gasteiger partial charge >= 0.3 is 6.09 Å². The van der Waals surface area contributed by atoms with Gasteiger partial charge in [-0.3, -0.25) is 4.79 Å². The van der Waals surface area contributed by atoms with E-state index < -0.39 is 23.9 Å². The Balaban J connectivity index is 2.59. The Bertz CT molecular complexity index is 506. The van der Waals surface area contributed by atoms with Gasteiger partial charge in [-0.05, 0) is 39.1 Å². The van der Waals surface area contributed by atoms with E-state index in [0.29, 0.717) is 10.4 Å². The summed E-state index contributed by atoms with van der Waals surface area (Å²) in [7, 11) is 0. The van der Waals surface area contributed by atoms with Crippen LogP contribution in [0.25, 0.3) is 0 Å². The van der Waals surface area contributed by atoms with Gasteiger partial charge in [-0.2, -0.15) is 0 Å². The number of carbonyl (C=O) groups is 2. The molecule has 0 aromatic carbocycles. The van der Waals surface area contributed by atoms with E-state index in [1.807, 2.05) is 0 Å². The van der Waals surface area contributed by atoms with Crippen molar-refractivity contribution >= 4 is 23.2 Å². The second-order valence-corrected chi connectivity index (χ2v) is 6.57. The zero-order valence-electron chi connectivity index (χ0n) is 12.5. The van der Waals surface area contributed by atoms with Crippen molar-refractivity contribution in [3.8, 4) is 0 Å². The van der Waals surface area contributed by atoms with Gasteiger partial charge in [-0.1, -0.05) is 0 Å². The van der Waals surface area contributed by atoms with Crippen LogP contribution in [0.4, 0.5) is 4.79 Å². The molecule has 0 aliphatic carbocycles. The quantitative estimate of drug-likeness (QED) is 0.721. The predicted octanol–water partition coefficient (Wildman–Crippen LogP) is 1.87. The Morgan fingerprint density at radius 3 is 2.52 bits per heavy atom. The molecular formula is C14H21NO5S. The standard InChI is InChI=1S/C14H21NO5S/c1-8(16)12-9(5-6-21-12)11(18)10(17)7-15-13(19)20-14(2,3)4/h5-6,10-11,17-18H,7H2,1-4H3,(H,15,19). The van der Waals surface area contributed by atoms with Crippen molar-refractivity contribution in [2.45, 2.75) is 45.5 Å². The van der Waals surface area contributed by atoms with Crippen LogP contribution in [0, 0.1) is 0 Å². The third-order valence-electron chi connectivity index (χ3n) is 2.55. The number of rotatable bonds is 5. The summed E-state index contributed by atoms with van der Waals surface area (Å²) in [4.78, 5) is 23.3. The number of carbonyl (C=O) groups excluding carboxylic acids is 2. The van der Waals surface area contributed by atoms with Crippen molar-refractivity contribution < 1.29 is 24.5 Å². The molecule has 7 heteroatoms. The van der Waals surface area contributed by atoms with Crippen LogP contribution in [0.3, 0.4) is 0 Å². The smallest absolute Gasteiger partial charge is 0.407 e. The van der Waals surface area contributed by atoms with Crippen LogP contribution in [-0.4, -0.2) is 40.3 Å². The highest BCUT2D eigenvalue weighted by Gasteiger charge is 2.25. The van der Waals surface area contributed by atoms with E-state index in [4.69, 9.17) is 4.74 Å². The van der Waals surface area contributed by atoms with Gasteiger partial charge in [0.2, 0.25) is 0 Å². The molecule has 0 aliphatic heterocycles. The van der Waals surface area contributed by atoms with Gasteiger partial charge in [0, 0.05) is 12.1 Å². The molecule has 0 saturated heterocycles. The average molecular weight is 315 g/mol. The minimum absolute atomic E-state index is 0.175. The van der Waals surface area contributed by atoms with Crippen LogP contribution in [-0.2, 0) is 4.74 Å². The third-order valence-corrected chi connectivity index (χ3v) is 3.58. The Hall–Kier alpha value is -1.44. The Morgan fingerprint density at radius 1 is 1.38 bits per heavy atom. The lowest BCUT2D eigenvalue weighted by molar-refractivity contribution is 0.0128. The van der Waals surface area contributed by atoms with E-state index in [-0.39, 0.29) is 12.3 Å². The van der Waals surface area contributed by atoms with Crippen LogP contribution in [0.1, 0.15) is 49.0 Å². The highest BCUT2D eigenvalue weighted by Crippen LogP contribution is 2.26. The molecule has 0 radical (unpaired) electrons. The van der Waals surface area contributed by atoms with Crippen molar-refractivity contribution in [2.24, 2.45) is 0 Å². The van der Waals surface area contributed by atoms with E-state index >= 15 is 0 Å². The van der Waals surface area contributed by atoms with Gasteiger partial charge in [0.25, 0.3) is 0 Å². The number of aliphatic hydroxyl groups is 2. The molecule has 1 amide bonds. The largest absolute Gasteiger partial charge is 0.444 e. The van der Waals surface area contributed by atoms with Crippen LogP contribution in [0.15, 0.2) is 11.4 Å². The molecule has 0 saturated carbocycles. The number of alkyl carbamates (subject to hydrolysis) is 1. The summed E-state index contributed by atoms with van der Waals surface area (Å²) in [5, 5.41) is 24.0. The maximum Gasteiger partial charge on any atom is 0.407 e. The summed E-state index contributed by atoms with van der Waals surface area (Å²) in [5.74, 6) is -0.175. The lowest BCUT2D eigenvalue weighted by Gasteiger charge is -2.22. The van der Waals surface area contributed by atoms with Gasteiger partial charge in [0.1, 0.15) is 17.8 Å². The maximum absolute atomic E-state index is 11.5. The Kier molecular flexibility index (Phi) is 5.88. The molecule has 2 atom stereocenters. The van der Waals surface area contributed by atoms with Crippen molar-refractivity contribution in [3.05, 3.63) is 21.9 Å². The second kappa shape index (κ2) is 7.02. The minimum Gasteiger partial charge on any atom is -0.444 e. The minimum atomic E-state index is -1.25. The highest BCUT2D eigenvalue weighted by molar-refractivity contribution is 7.12. The number of ether oxygens (including phenoxy) is 1. The van der Waals surface area contributed by atoms with Gasteiger partial charge in [-0.25, -0.2) is 4.79 Å². The molecule has 3 N–H and O–H groups in total. The summed E-state index contributed by atoms with van der Waals surface area (Å²) in [6, 6.07) is 1.59. The number of Topliss-reactive ketones (excluding diaryl/α,β-unsaturated/α-hetero) is 1. The van der Waals surface area contributed by atoms with E-state index in [1.165, 1.54) is 18.3 Å². The summed E-state index contributed by atoms with van der Waals surface area (Å²) in [6.45, 7) is 6.39. The van der Waals surface area contributed by atoms with E-state index in [2.05, 4.69) is 5.32 Å². The monoisotopic (exact) mass is 315 g/mol. The molecule has 0 fully saturated rings. The van der Waals surface area contributed by atoms with Crippen molar-refractivity contribution in [2.75, 3.05) is 6.54 Å². The molecule has 1 aromatic rings. The molecule has 21 heavy (non-hydrogen) atoms. The maximum atomic E-state index is 11.5. The number of thiophene rings is 1. The number of hydrogen-bond donors (Lipinski definition) is 3. The number of aliphatic hydroxyl groups excluding tert-OH is 2. The average Bonchev–Trinajstić information content (AvgIpc) is 2.82. The molecular weight excluding hydrogens is 294 g/mol. The zero-order valence-corrected chi connectivity index (χ0v) is 13.4. The summed E-state index contributed by atoms with van der Waals surface area (Å²) in [6.07, 6.45) is -3.15. The number of nitrogens with one attached hydrogen (secondary N) is 1. The van der Waals surface area contributed by atoms with Crippen molar-refractivity contribution in [1.82, 2.24) is 5.32 Å². The van der Waals surface area contributed by atoms with Crippen molar-refractivity contribution in [1.29, 1.82) is 0 Å². The summed E-state index contributed by atoms with van der Waals surface area (Å²) < 4.78 is 5.03. The van der Waals surface area contributed by atoms with Crippen LogP contribution < -0.4 is 5.32 Å². The van der Waals surface area contributed by atoms with Gasteiger partial charge in [0.15, 0.2) is 5.78 Å². The first kappa shape index (κ1) is 17.6. The first-order valence-electron chi connectivity index (χ1n) is 6.53. The number of amides is 1. The molecule has 2 unspecified atom stereocenters. The first-order valence-corrected chi connectivity index (χ1v) is 7.41. The third kappa shape index (κ3) is 5.45. The number of ketones is 1. The molecule has 6 nitrogen and oxygen atoms in total. The van der Waals surface area contributed by atoms with E-state index in [9.17, 15) is 19.8 Å².